The molecule has 0 radical (unpaired) electrons. The van der Waals surface area contributed by atoms with Gasteiger partial charge in [0.15, 0.2) is 0 Å². The highest BCUT2D eigenvalue weighted by atomic mass is 16.6. The molecule has 140 valence electrons. The van der Waals surface area contributed by atoms with Gasteiger partial charge in [0.25, 0.3) is 5.91 Å². The SMILES string of the molecule is O=C1N[C@@H](Cc2ccccc2)[C@H](C(=O)N[C@@H](Cc2ccccc2)C(=O)O)O1. The number of ether oxygens (including phenoxy) is 1. The normalized spacial score (nSPS) is 19.6. The second kappa shape index (κ2) is 8.35. The van der Waals surface area contributed by atoms with Crippen molar-refractivity contribution >= 4 is 18.0 Å². The molecule has 0 aliphatic carbocycles. The minimum atomic E-state index is -1.15. The van der Waals surface area contributed by atoms with Crippen LogP contribution in [0.25, 0.3) is 0 Å². The number of rotatable bonds is 7. The molecule has 0 unspecified atom stereocenters. The molecule has 27 heavy (non-hydrogen) atoms. The van der Waals surface area contributed by atoms with Gasteiger partial charge in [-0.2, -0.15) is 0 Å². The first-order valence-corrected chi connectivity index (χ1v) is 8.61. The number of nitrogens with one attached hydrogen (secondary N) is 2. The van der Waals surface area contributed by atoms with Crippen LogP contribution >= 0.6 is 0 Å². The Morgan fingerprint density at radius 2 is 1.63 bits per heavy atom. The van der Waals surface area contributed by atoms with Gasteiger partial charge in [-0.3, -0.25) is 4.79 Å². The van der Waals surface area contributed by atoms with Gasteiger partial charge < -0.3 is 20.5 Å². The van der Waals surface area contributed by atoms with Crippen LogP contribution in [0.1, 0.15) is 11.1 Å². The minimum absolute atomic E-state index is 0.138. The summed E-state index contributed by atoms with van der Waals surface area (Å²) in [6.45, 7) is 0. The molecule has 2 amide bonds. The van der Waals surface area contributed by atoms with Gasteiger partial charge in [0, 0.05) is 6.42 Å². The van der Waals surface area contributed by atoms with Crippen molar-refractivity contribution < 1.29 is 24.2 Å². The Balaban J connectivity index is 1.68. The fourth-order valence-electron chi connectivity index (χ4n) is 3.02. The van der Waals surface area contributed by atoms with Crippen molar-refractivity contribution in [2.45, 2.75) is 31.0 Å². The molecule has 1 aliphatic rings. The predicted octanol–water partition coefficient (Wildman–Crippen LogP) is 1.52. The van der Waals surface area contributed by atoms with E-state index in [2.05, 4.69) is 10.6 Å². The maximum atomic E-state index is 12.6. The summed E-state index contributed by atoms with van der Waals surface area (Å²) >= 11 is 0. The van der Waals surface area contributed by atoms with Crippen molar-refractivity contribution in [1.29, 1.82) is 0 Å². The number of benzene rings is 2. The van der Waals surface area contributed by atoms with Crippen molar-refractivity contribution in [1.82, 2.24) is 10.6 Å². The number of hydrogen-bond acceptors (Lipinski definition) is 4. The average Bonchev–Trinajstić information content (AvgIpc) is 3.03. The van der Waals surface area contributed by atoms with E-state index in [1.54, 1.807) is 24.3 Å². The van der Waals surface area contributed by atoms with Crippen molar-refractivity contribution in [3.8, 4) is 0 Å². The molecule has 1 saturated heterocycles. The molecule has 3 rings (SSSR count). The first kappa shape index (κ1) is 18.4. The van der Waals surface area contributed by atoms with Crippen molar-refractivity contribution in [3.63, 3.8) is 0 Å². The number of carbonyl (C=O) groups excluding carboxylic acids is 2. The third-order valence-corrected chi connectivity index (χ3v) is 4.36. The van der Waals surface area contributed by atoms with Gasteiger partial charge >= 0.3 is 12.1 Å². The summed E-state index contributed by atoms with van der Waals surface area (Å²) in [6.07, 6.45) is -1.23. The molecule has 3 atom stereocenters. The van der Waals surface area contributed by atoms with E-state index >= 15 is 0 Å². The molecule has 0 spiro atoms. The Morgan fingerprint density at radius 1 is 1.04 bits per heavy atom. The Hall–Kier alpha value is -3.35. The standard InChI is InChI=1S/C20H20N2O5/c23-18(21-16(19(24)25)12-14-9-5-2-6-10-14)17-15(22-20(26)27-17)11-13-7-3-1-4-8-13/h1-10,15-17H,11-12H2,(H,21,23)(H,22,26)(H,24,25)/t15-,16-,17+/m0/s1. The van der Waals surface area contributed by atoms with Gasteiger partial charge in [-0.15, -0.1) is 0 Å². The second-order valence-corrected chi connectivity index (χ2v) is 6.36. The molecule has 7 nitrogen and oxygen atoms in total. The second-order valence-electron chi connectivity index (χ2n) is 6.36. The van der Waals surface area contributed by atoms with Crippen LogP contribution < -0.4 is 10.6 Å². The lowest BCUT2D eigenvalue weighted by Gasteiger charge is -2.20. The van der Waals surface area contributed by atoms with Crippen LogP contribution in [0.2, 0.25) is 0 Å². The summed E-state index contributed by atoms with van der Waals surface area (Å²) in [5, 5.41) is 14.5. The molecule has 0 aromatic heterocycles. The Morgan fingerprint density at radius 3 is 2.22 bits per heavy atom. The maximum absolute atomic E-state index is 12.6. The van der Waals surface area contributed by atoms with Crippen molar-refractivity contribution in [2.75, 3.05) is 0 Å². The van der Waals surface area contributed by atoms with E-state index in [1.807, 2.05) is 36.4 Å². The lowest BCUT2D eigenvalue weighted by atomic mass is 10.0. The Bertz CT molecular complexity index is 810. The largest absolute Gasteiger partial charge is 0.480 e. The summed E-state index contributed by atoms with van der Waals surface area (Å²) in [4.78, 5) is 35.8. The fourth-order valence-corrected chi connectivity index (χ4v) is 3.02. The first-order chi connectivity index (χ1) is 13.0. The van der Waals surface area contributed by atoms with Gasteiger partial charge in [0.1, 0.15) is 6.04 Å². The van der Waals surface area contributed by atoms with E-state index in [9.17, 15) is 19.5 Å². The lowest BCUT2D eigenvalue weighted by Crippen LogP contribution is -2.50. The molecule has 3 N–H and O–H groups in total. The summed E-state index contributed by atoms with van der Waals surface area (Å²) in [5.74, 6) is -1.78. The molecule has 2 aromatic carbocycles. The maximum Gasteiger partial charge on any atom is 0.408 e. The minimum Gasteiger partial charge on any atom is -0.480 e. The van der Waals surface area contributed by atoms with Gasteiger partial charge in [-0.25, -0.2) is 9.59 Å². The number of carbonyl (C=O) groups is 3. The fraction of sp³-hybridized carbons (Fsp3) is 0.250. The van der Waals surface area contributed by atoms with Crippen LogP contribution in [0.5, 0.6) is 0 Å². The molecule has 1 fully saturated rings. The predicted molar refractivity (Wildman–Crippen MR) is 97.1 cm³/mol. The van der Waals surface area contributed by atoms with Crippen LogP contribution in [-0.2, 0) is 27.2 Å². The third kappa shape index (κ3) is 4.84. The molecule has 0 saturated carbocycles. The van der Waals surface area contributed by atoms with Crippen molar-refractivity contribution in [3.05, 3.63) is 71.8 Å². The number of carboxylic acids is 1. The number of aliphatic carboxylic acids is 1. The summed E-state index contributed by atoms with van der Waals surface area (Å²) < 4.78 is 5.08. The quantitative estimate of drug-likeness (QED) is 0.687. The topological polar surface area (TPSA) is 105 Å². The Kier molecular flexibility index (Phi) is 5.71. The smallest absolute Gasteiger partial charge is 0.408 e. The van der Waals surface area contributed by atoms with Crippen LogP contribution in [0.15, 0.2) is 60.7 Å². The van der Waals surface area contributed by atoms with E-state index in [0.717, 1.165) is 11.1 Å². The monoisotopic (exact) mass is 368 g/mol. The molecule has 0 bridgehead atoms. The van der Waals surface area contributed by atoms with Crippen LogP contribution in [0.3, 0.4) is 0 Å². The molecule has 1 aliphatic heterocycles. The summed E-state index contributed by atoms with van der Waals surface area (Å²) in [6, 6.07) is 16.7. The van der Waals surface area contributed by atoms with Gasteiger partial charge in [0.05, 0.1) is 6.04 Å². The number of carboxylic acid groups (broad SMARTS) is 1. The van der Waals surface area contributed by atoms with E-state index in [-0.39, 0.29) is 6.42 Å². The lowest BCUT2D eigenvalue weighted by molar-refractivity contribution is -0.143. The van der Waals surface area contributed by atoms with E-state index in [4.69, 9.17) is 4.74 Å². The van der Waals surface area contributed by atoms with Gasteiger partial charge in [0.2, 0.25) is 6.10 Å². The first-order valence-electron chi connectivity index (χ1n) is 8.61. The van der Waals surface area contributed by atoms with Gasteiger partial charge in [-0.05, 0) is 17.5 Å². The average molecular weight is 368 g/mol. The van der Waals surface area contributed by atoms with Crippen LogP contribution in [0.4, 0.5) is 4.79 Å². The highest BCUT2D eigenvalue weighted by Gasteiger charge is 2.40. The molecule has 2 aromatic rings. The molecular formula is C20H20N2O5. The van der Waals surface area contributed by atoms with Crippen molar-refractivity contribution in [2.24, 2.45) is 0 Å². The number of amides is 2. The zero-order chi connectivity index (χ0) is 19.2. The molecule has 7 heteroatoms. The molecule has 1 heterocycles. The highest BCUT2D eigenvalue weighted by molar-refractivity contribution is 5.90. The number of cyclic esters (lactones) is 1. The van der Waals surface area contributed by atoms with Crippen LogP contribution in [-0.4, -0.2) is 41.3 Å². The van der Waals surface area contributed by atoms with E-state index in [1.165, 1.54) is 0 Å². The highest BCUT2D eigenvalue weighted by Crippen LogP contribution is 2.15. The van der Waals surface area contributed by atoms with Gasteiger partial charge in [-0.1, -0.05) is 60.7 Å². The number of alkyl carbamates (subject to hydrolysis) is 1. The summed E-state index contributed by atoms with van der Waals surface area (Å²) in [7, 11) is 0. The third-order valence-electron chi connectivity index (χ3n) is 4.36. The van der Waals surface area contributed by atoms with E-state index < -0.39 is 36.2 Å². The molecular weight excluding hydrogens is 348 g/mol. The summed E-state index contributed by atoms with van der Waals surface area (Å²) in [5.41, 5.74) is 1.72. The van der Waals surface area contributed by atoms with Crippen LogP contribution in [0, 0.1) is 0 Å². The number of hydrogen-bond donors (Lipinski definition) is 3. The van der Waals surface area contributed by atoms with E-state index in [0.29, 0.717) is 6.42 Å². The zero-order valence-corrected chi connectivity index (χ0v) is 14.5. The zero-order valence-electron chi connectivity index (χ0n) is 14.5. The Labute approximate surface area is 156 Å².